The van der Waals surface area contributed by atoms with Crippen molar-refractivity contribution in [2.75, 3.05) is 0 Å². The van der Waals surface area contributed by atoms with Gasteiger partial charge in [0.15, 0.2) is 0 Å². The minimum absolute atomic E-state index is 0.492. The highest BCUT2D eigenvalue weighted by molar-refractivity contribution is 8.00. The summed E-state index contributed by atoms with van der Waals surface area (Å²) in [7, 11) is 0. The maximum atomic E-state index is 5.88. The van der Waals surface area contributed by atoms with Gasteiger partial charge >= 0.3 is 0 Å². The average molecular weight is 201 g/mol. The van der Waals surface area contributed by atoms with Crippen LogP contribution in [0.25, 0.3) is 0 Å². The quantitative estimate of drug-likeness (QED) is 0.759. The zero-order chi connectivity index (χ0) is 9.84. The molecule has 1 aliphatic rings. The predicted octanol–water partition coefficient (Wildman–Crippen LogP) is 3.03. The number of thioether (sulfide) groups is 1. The van der Waals surface area contributed by atoms with Crippen LogP contribution in [0.1, 0.15) is 46.5 Å². The summed E-state index contributed by atoms with van der Waals surface area (Å²) in [6.07, 6.45) is 5.15. The molecule has 1 aliphatic carbocycles. The van der Waals surface area contributed by atoms with Gasteiger partial charge in [-0.3, -0.25) is 0 Å². The SMILES string of the molecule is CC(C)C(C)SC1CCC(N)CC1. The molecule has 1 unspecified atom stereocenters. The van der Waals surface area contributed by atoms with Crippen LogP contribution in [0.4, 0.5) is 0 Å². The van der Waals surface area contributed by atoms with Crippen molar-refractivity contribution in [2.45, 2.75) is 63.0 Å². The second-order valence-corrected chi connectivity index (χ2v) is 6.30. The third-order valence-electron chi connectivity index (χ3n) is 3.06. The van der Waals surface area contributed by atoms with Gasteiger partial charge in [-0.05, 0) is 31.6 Å². The Hall–Kier alpha value is 0.310. The van der Waals surface area contributed by atoms with Crippen LogP contribution in [0.5, 0.6) is 0 Å². The van der Waals surface area contributed by atoms with Gasteiger partial charge in [0.05, 0.1) is 0 Å². The van der Waals surface area contributed by atoms with Crippen molar-refractivity contribution in [3.05, 3.63) is 0 Å². The van der Waals surface area contributed by atoms with Crippen LogP contribution in [0.15, 0.2) is 0 Å². The summed E-state index contributed by atoms with van der Waals surface area (Å²) in [6.45, 7) is 6.97. The number of rotatable bonds is 3. The molecule has 1 atom stereocenters. The first-order valence-corrected chi connectivity index (χ1v) is 6.45. The summed E-state index contributed by atoms with van der Waals surface area (Å²) < 4.78 is 0. The third-order valence-corrected chi connectivity index (χ3v) is 4.89. The average Bonchev–Trinajstić information content (AvgIpc) is 2.08. The van der Waals surface area contributed by atoms with Crippen molar-refractivity contribution >= 4 is 11.8 Å². The van der Waals surface area contributed by atoms with Gasteiger partial charge in [0.25, 0.3) is 0 Å². The van der Waals surface area contributed by atoms with Gasteiger partial charge in [-0.15, -0.1) is 0 Å². The van der Waals surface area contributed by atoms with Crippen molar-refractivity contribution in [3.63, 3.8) is 0 Å². The lowest BCUT2D eigenvalue weighted by Gasteiger charge is -2.28. The molecule has 0 radical (unpaired) electrons. The number of hydrogen-bond acceptors (Lipinski definition) is 2. The van der Waals surface area contributed by atoms with E-state index in [1.165, 1.54) is 25.7 Å². The van der Waals surface area contributed by atoms with E-state index in [1.807, 2.05) is 0 Å². The Morgan fingerprint density at radius 2 is 1.62 bits per heavy atom. The number of nitrogens with two attached hydrogens (primary N) is 1. The van der Waals surface area contributed by atoms with Gasteiger partial charge < -0.3 is 5.73 Å². The highest BCUT2D eigenvalue weighted by atomic mass is 32.2. The minimum Gasteiger partial charge on any atom is -0.328 e. The molecule has 0 aromatic carbocycles. The van der Waals surface area contributed by atoms with Gasteiger partial charge in [-0.2, -0.15) is 11.8 Å². The maximum absolute atomic E-state index is 5.88. The molecule has 0 spiro atoms. The molecule has 2 heteroatoms. The lowest BCUT2D eigenvalue weighted by atomic mass is 9.96. The molecular weight excluding hydrogens is 178 g/mol. The minimum atomic E-state index is 0.492. The monoisotopic (exact) mass is 201 g/mol. The largest absolute Gasteiger partial charge is 0.328 e. The molecule has 0 bridgehead atoms. The first-order chi connectivity index (χ1) is 6.09. The van der Waals surface area contributed by atoms with E-state index in [1.54, 1.807) is 0 Å². The topological polar surface area (TPSA) is 26.0 Å². The van der Waals surface area contributed by atoms with Crippen LogP contribution >= 0.6 is 11.8 Å². The van der Waals surface area contributed by atoms with Crippen LogP contribution in [-0.2, 0) is 0 Å². The normalized spacial score (nSPS) is 32.1. The molecule has 0 aromatic heterocycles. The first-order valence-electron chi connectivity index (χ1n) is 5.50. The summed E-state index contributed by atoms with van der Waals surface area (Å²) >= 11 is 2.18. The predicted molar refractivity (Wildman–Crippen MR) is 62.1 cm³/mol. The molecule has 2 N–H and O–H groups in total. The van der Waals surface area contributed by atoms with Gasteiger partial charge in [0, 0.05) is 16.5 Å². The van der Waals surface area contributed by atoms with Crippen molar-refractivity contribution in [3.8, 4) is 0 Å². The fourth-order valence-corrected chi connectivity index (χ4v) is 3.15. The molecule has 1 rings (SSSR count). The molecule has 1 saturated carbocycles. The molecule has 1 fully saturated rings. The summed E-state index contributed by atoms with van der Waals surface area (Å²) in [5.74, 6) is 0.806. The van der Waals surface area contributed by atoms with Crippen LogP contribution in [0.3, 0.4) is 0 Å². The Morgan fingerprint density at radius 3 is 2.08 bits per heavy atom. The summed E-state index contributed by atoms with van der Waals surface area (Å²) in [5, 5.41) is 1.69. The molecule has 1 nitrogen and oxygen atoms in total. The van der Waals surface area contributed by atoms with Gasteiger partial charge in [-0.1, -0.05) is 20.8 Å². The Morgan fingerprint density at radius 1 is 1.08 bits per heavy atom. The van der Waals surface area contributed by atoms with E-state index < -0.39 is 0 Å². The summed E-state index contributed by atoms with van der Waals surface area (Å²) in [6, 6.07) is 0.492. The summed E-state index contributed by atoms with van der Waals surface area (Å²) in [4.78, 5) is 0. The van der Waals surface area contributed by atoms with E-state index >= 15 is 0 Å². The second kappa shape index (κ2) is 5.26. The molecular formula is C11H23NS. The van der Waals surface area contributed by atoms with E-state index in [0.29, 0.717) is 6.04 Å². The maximum Gasteiger partial charge on any atom is 0.00509 e. The molecule has 78 valence electrons. The van der Waals surface area contributed by atoms with Crippen LogP contribution in [-0.4, -0.2) is 16.5 Å². The van der Waals surface area contributed by atoms with E-state index in [-0.39, 0.29) is 0 Å². The fraction of sp³-hybridized carbons (Fsp3) is 1.00. The Labute approximate surface area is 86.8 Å². The van der Waals surface area contributed by atoms with E-state index in [4.69, 9.17) is 5.73 Å². The summed E-state index contributed by atoms with van der Waals surface area (Å²) in [5.41, 5.74) is 5.88. The van der Waals surface area contributed by atoms with Gasteiger partial charge in [0.1, 0.15) is 0 Å². The van der Waals surface area contributed by atoms with Crippen molar-refractivity contribution in [2.24, 2.45) is 11.7 Å². The van der Waals surface area contributed by atoms with E-state index in [9.17, 15) is 0 Å². The lowest BCUT2D eigenvalue weighted by Crippen LogP contribution is -2.28. The lowest BCUT2D eigenvalue weighted by molar-refractivity contribution is 0.449. The zero-order valence-electron chi connectivity index (χ0n) is 9.12. The molecule has 0 saturated heterocycles. The Kier molecular flexibility index (Phi) is 4.60. The Bertz CT molecular complexity index is 139. The van der Waals surface area contributed by atoms with Crippen LogP contribution < -0.4 is 5.73 Å². The molecule has 0 amide bonds. The standard InChI is InChI=1S/C11H23NS/c1-8(2)9(3)13-11-6-4-10(12)5-7-11/h8-11H,4-7,12H2,1-3H3. The van der Waals surface area contributed by atoms with Gasteiger partial charge in [-0.25, -0.2) is 0 Å². The van der Waals surface area contributed by atoms with Crippen molar-refractivity contribution in [1.82, 2.24) is 0 Å². The Balaban J connectivity index is 2.22. The molecule has 13 heavy (non-hydrogen) atoms. The zero-order valence-corrected chi connectivity index (χ0v) is 9.94. The van der Waals surface area contributed by atoms with E-state index in [0.717, 1.165) is 16.4 Å². The highest BCUT2D eigenvalue weighted by Gasteiger charge is 2.21. The molecule has 0 aliphatic heterocycles. The van der Waals surface area contributed by atoms with Crippen LogP contribution in [0, 0.1) is 5.92 Å². The molecule has 0 aromatic rings. The first kappa shape index (κ1) is 11.4. The number of hydrogen-bond donors (Lipinski definition) is 1. The fourth-order valence-electron chi connectivity index (χ4n) is 1.69. The second-order valence-electron chi connectivity index (χ2n) is 4.62. The third kappa shape index (κ3) is 3.90. The van der Waals surface area contributed by atoms with Crippen molar-refractivity contribution in [1.29, 1.82) is 0 Å². The molecule has 0 heterocycles. The van der Waals surface area contributed by atoms with E-state index in [2.05, 4.69) is 32.5 Å². The van der Waals surface area contributed by atoms with Crippen LogP contribution in [0.2, 0.25) is 0 Å². The highest BCUT2D eigenvalue weighted by Crippen LogP contribution is 2.32. The smallest absolute Gasteiger partial charge is 0.00509 e. The van der Waals surface area contributed by atoms with Crippen molar-refractivity contribution < 1.29 is 0 Å². The van der Waals surface area contributed by atoms with Gasteiger partial charge in [0.2, 0.25) is 0 Å².